The summed E-state index contributed by atoms with van der Waals surface area (Å²) in [5, 5.41) is 17.1. The lowest BCUT2D eigenvalue weighted by atomic mass is 9.97. The molecule has 0 heterocycles. The van der Waals surface area contributed by atoms with Crippen molar-refractivity contribution in [3.8, 4) is 0 Å². The third-order valence-corrected chi connectivity index (χ3v) is 2.22. The molecular weight excluding hydrogens is 260 g/mol. The van der Waals surface area contributed by atoms with Crippen molar-refractivity contribution in [1.29, 1.82) is 0 Å². The summed E-state index contributed by atoms with van der Waals surface area (Å²) in [4.78, 5) is 20.8. The van der Waals surface area contributed by atoms with Crippen LogP contribution in [0.5, 0.6) is 0 Å². The number of benzene rings is 1. The second-order valence-corrected chi connectivity index (χ2v) is 4.81. The quantitative estimate of drug-likeness (QED) is 0.637. The van der Waals surface area contributed by atoms with Gasteiger partial charge in [0.25, 0.3) is 0 Å². The first-order valence-corrected chi connectivity index (χ1v) is 6.01. The highest BCUT2D eigenvalue weighted by Crippen LogP contribution is 2.13. The molecule has 0 fully saturated rings. The van der Waals surface area contributed by atoms with Gasteiger partial charge in [0, 0.05) is 11.5 Å². The maximum Gasteiger partial charge on any atom is 0.335 e. The summed E-state index contributed by atoms with van der Waals surface area (Å²) in [5.41, 5.74) is -0.0314. The van der Waals surface area contributed by atoms with Gasteiger partial charge in [-0.1, -0.05) is 38.6 Å². The topological polar surface area (TPSA) is 83.8 Å². The molecule has 5 nitrogen and oxygen atoms in total. The lowest BCUT2D eigenvalue weighted by Crippen LogP contribution is -2.24. The van der Waals surface area contributed by atoms with E-state index in [0.717, 1.165) is 6.08 Å². The SMILES string of the molecule is C=CC(=O)OCC(C)(C)CO.O=C(O)c1ccccc1. The molecular formula is C15H20O5. The first kappa shape index (κ1) is 17.9. The number of esters is 1. The van der Waals surface area contributed by atoms with Gasteiger partial charge in [-0.25, -0.2) is 9.59 Å². The average molecular weight is 280 g/mol. The van der Waals surface area contributed by atoms with Crippen LogP contribution in [0.15, 0.2) is 43.0 Å². The van der Waals surface area contributed by atoms with E-state index in [2.05, 4.69) is 6.58 Å². The van der Waals surface area contributed by atoms with Crippen LogP contribution in [0.4, 0.5) is 0 Å². The lowest BCUT2D eigenvalue weighted by molar-refractivity contribution is -0.141. The first-order chi connectivity index (χ1) is 9.32. The van der Waals surface area contributed by atoms with Gasteiger partial charge in [-0.3, -0.25) is 0 Å². The summed E-state index contributed by atoms with van der Waals surface area (Å²) >= 11 is 0. The van der Waals surface area contributed by atoms with E-state index in [1.807, 2.05) is 13.8 Å². The molecule has 1 aromatic carbocycles. The minimum Gasteiger partial charge on any atom is -0.478 e. The summed E-state index contributed by atoms with van der Waals surface area (Å²) in [7, 11) is 0. The average Bonchev–Trinajstić information content (AvgIpc) is 2.46. The van der Waals surface area contributed by atoms with Crippen LogP contribution in [0, 0.1) is 5.41 Å². The fourth-order valence-corrected chi connectivity index (χ4v) is 0.952. The van der Waals surface area contributed by atoms with E-state index >= 15 is 0 Å². The van der Waals surface area contributed by atoms with Crippen LogP contribution in [0.2, 0.25) is 0 Å². The number of aliphatic hydroxyl groups excluding tert-OH is 1. The smallest absolute Gasteiger partial charge is 0.335 e. The molecule has 110 valence electrons. The highest BCUT2D eigenvalue weighted by molar-refractivity contribution is 5.87. The van der Waals surface area contributed by atoms with Crippen LogP contribution < -0.4 is 0 Å². The van der Waals surface area contributed by atoms with Gasteiger partial charge >= 0.3 is 11.9 Å². The van der Waals surface area contributed by atoms with E-state index in [9.17, 15) is 9.59 Å². The molecule has 1 aromatic rings. The van der Waals surface area contributed by atoms with Crippen LogP contribution in [-0.2, 0) is 9.53 Å². The Morgan fingerprint density at radius 2 is 1.85 bits per heavy atom. The van der Waals surface area contributed by atoms with E-state index < -0.39 is 11.9 Å². The van der Waals surface area contributed by atoms with E-state index in [0.29, 0.717) is 5.56 Å². The summed E-state index contributed by atoms with van der Waals surface area (Å²) < 4.78 is 4.73. The van der Waals surface area contributed by atoms with Crippen molar-refractivity contribution in [2.75, 3.05) is 13.2 Å². The summed E-state index contributed by atoms with van der Waals surface area (Å²) in [5.74, 6) is -1.33. The minimum absolute atomic E-state index is 0.00256. The Morgan fingerprint density at radius 3 is 2.20 bits per heavy atom. The molecule has 0 atom stereocenters. The fraction of sp³-hybridized carbons (Fsp3) is 0.333. The molecule has 0 amide bonds. The highest BCUT2D eigenvalue weighted by atomic mass is 16.5. The van der Waals surface area contributed by atoms with Gasteiger partial charge in [0.05, 0.1) is 18.8 Å². The largest absolute Gasteiger partial charge is 0.478 e. The third kappa shape index (κ3) is 8.05. The monoisotopic (exact) mass is 280 g/mol. The Bertz CT molecular complexity index is 437. The van der Waals surface area contributed by atoms with Crippen LogP contribution in [-0.4, -0.2) is 35.4 Å². The number of carboxylic acid groups (broad SMARTS) is 1. The molecule has 5 heteroatoms. The Kier molecular flexibility index (Phi) is 7.93. The zero-order valence-electron chi connectivity index (χ0n) is 11.7. The van der Waals surface area contributed by atoms with Crippen molar-refractivity contribution < 1.29 is 24.5 Å². The van der Waals surface area contributed by atoms with E-state index in [1.165, 1.54) is 0 Å². The minimum atomic E-state index is -0.879. The summed E-state index contributed by atoms with van der Waals surface area (Å²) in [6.45, 7) is 7.08. The Labute approximate surface area is 118 Å². The molecule has 0 aromatic heterocycles. The van der Waals surface area contributed by atoms with E-state index in [1.54, 1.807) is 30.3 Å². The number of aromatic carboxylic acids is 1. The van der Waals surface area contributed by atoms with Crippen molar-refractivity contribution in [3.05, 3.63) is 48.6 Å². The zero-order valence-corrected chi connectivity index (χ0v) is 11.7. The molecule has 0 spiro atoms. The predicted octanol–water partition coefficient (Wildman–Crippen LogP) is 2.12. The molecule has 0 saturated heterocycles. The van der Waals surface area contributed by atoms with Crippen molar-refractivity contribution >= 4 is 11.9 Å². The van der Waals surface area contributed by atoms with Gasteiger partial charge in [-0.15, -0.1) is 0 Å². The van der Waals surface area contributed by atoms with Crippen molar-refractivity contribution in [1.82, 2.24) is 0 Å². The summed E-state index contributed by atoms with van der Waals surface area (Å²) in [6.07, 6.45) is 1.10. The Balaban J connectivity index is 0.000000367. The van der Waals surface area contributed by atoms with Gasteiger partial charge in [0.15, 0.2) is 0 Å². The Morgan fingerprint density at radius 1 is 1.30 bits per heavy atom. The predicted molar refractivity (Wildman–Crippen MR) is 75.4 cm³/mol. The first-order valence-electron chi connectivity index (χ1n) is 6.01. The van der Waals surface area contributed by atoms with Crippen LogP contribution in [0.3, 0.4) is 0 Å². The molecule has 20 heavy (non-hydrogen) atoms. The second kappa shape index (κ2) is 8.87. The molecule has 0 saturated carbocycles. The van der Waals surface area contributed by atoms with Crippen molar-refractivity contribution in [3.63, 3.8) is 0 Å². The molecule has 0 aliphatic carbocycles. The number of ether oxygens (including phenoxy) is 1. The maximum absolute atomic E-state index is 10.6. The highest BCUT2D eigenvalue weighted by Gasteiger charge is 2.17. The second-order valence-electron chi connectivity index (χ2n) is 4.81. The van der Waals surface area contributed by atoms with E-state index in [4.69, 9.17) is 14.9 Å². The fourth-order valence-electron chi connectivity index (χ4n) is 0.952. The number of carboxylic acids is 1. The van der Waals surface area contributed by atoms with Gasteiger partial charge < -0.3 is 14.9 Å². The van der Waals surface area contributed by atoms with Crippen LogP contribution in [0.1, 0.15) is 24.2 Å². The van der Waals surface area contributed by atoms with Gasteiger partial charge in [0.1, 0.15) is 0 Å². The molecule has 0 radical (unpaired) electrons. The van der Waals surface area contributed by atoms with Crippen molar-refractivity contribution in [2.24, 2.45) is 5.41 Å². The molecule has 1 rings (SSSR count). The number of rotatable bonds is 5. The number of carbonyl (C=O) groups is 2. The van der Waals surface area contributed by atoms with Gasteiger partial charge in [0.2, 0.25) is 0 Å². The third-order valence-electron chi connectivity index (χ3n) is 2.22. The van der Waals surface area contributed by atoms with Gasteiger partial charge in [-0.05, 0) is 12.1 Å². The van der Waals surface area contributed by atoms with Crippen LogP contribution >= 0.6 is 0 Å². The summed E-state index contributed by atoms with van der Waals surface area (Å²) in [6, 6.07) is 8.30. The standard InChI is InChI=1S/C8H14O3.C7H6O2/c1-4-7(10)11-6-8(2,3)5-9;8-7(9)6-4-2-1-3-5-6/h4,9H,1,5-6H2,2-3H3;1-5H,(H,8,9). The van der Waals surface area contributed by atoms with E-state index in [-0.39, 0.29) is 18.6 Å². The number of aliphatic hydroxyl groups is 1. The van der Waals surface area contributed by atoms with Gasteiger partial charge in [-0.2, -0.15) is 0 Å². The number of hydrogen-bond acceptors (Lipinski definition) is 4. The normalized spacial score (nSPS) is 9.95. The Hall–Kier alpha value is -2.14. The zero-order chi connectivity index (χ0) is 15.6. The maximum atomic E-state index is 10.6. The molecule has 0 aliphatic heterocycles. The molecule has 0 bridgehead atoms. The number of carbonyl (C=O) groups excluding carboxylic acids is 1. The van der Waals surface area contributed by atoms with Crippen molar-refractivity contribution in [2.45, 2.75) is 13.8 Å². The molecule has 0 aliphatic rings. The lowest BCUT2D eigenvalue weighted by Gasteiger charge is -2.20. The molecule has 2 N–H and O–H groups in total. The van der Waals surface area contributed by atoms with Crippen LogP contribution in [0.25, 0.3) is 0 Å². The molecule has 0 unspecified atom stereocenters. The number of hydrogen-bond donors (Lipinski definition) is 2.